The van der Waals surface area contributed by atoms with Gasteiger partial charge in [-0.05, 0) is 30.0 Å². The molecule has 2 aliphatic heterocycles. The van der Waals surface area contributed by atoms with Crippen LogP contribution < -0.4 is 0 Å². The third kappa shape index (κ3) is 4.39. The van der Waals surface area contributed by atoms with E-state index in [9.17, 15) is 13.2 Å². The second kappa shape index (κ2) is 7.41. The molecule has 2 aliphatic rings. The van der Waals surface area contributed by atoms with Gasteiger partial charge in [0.15, 0.2) is 9.84 Å². The average Bonchev–Trinajstić information content (AvgIpc) is 2.89. The number of hydrogen-bond acceptors (Lipinski definition) is 5. The zero-order chi connectivity index (χ0) is 18.0. The molecular formula is C18H27N3O3S. The Morgan fingerprint density at radius 1 is 1.20 bits per heavy atom. The molecule has 3 rings (SSSR count). The minimum Gasteiger partial charge on any atom is -0.336 e. The minimum atomic E-state index is -3.10. The standard InChI is InChI=1S/C18H27N3O3S/c1-14(2)3-4-18(22)21-10-9-20(11-15-5-7-19-8-6-15)16-12-25(23,24)13-17(16)21/h5-8,14,16-17H,3-4,9-13H2,1-2H3/t16-,17+/m1/s1. The molecule has 2 atom stereocenters. The van der Waals surface area contributed by atoms with E-state index in [-0.39, 0.29) is 29.5 Å². The van der Waals surface area contributed by atoms with Crippen LogP contribution in [0, 0.1) is 5.92 Å². The van der Waals surface area contributed by atoms with Gasteiger partial charge in [0, 0.05) is 44.5 Å². The summed E-state index contributed by atoms with van der Waals surface area (Å²) >= 11 is 0. The molecule has 1 amide bonds. The molecule has 0 bridgehead atoms. The maximum absolute atomic E-state index is 12.6. The zero-order valence-electron chi connectivity index (χ0n) is 15.0. The highest BCUT2D eigenvalue weighted by molar-refractivity contribution is 7.91. The first-order chi connectivity index (χ1) is 11.9. The summed E-state index contributed by atoms with van der Waals surface area (Å²) in [5, 5.41) is 0. The lowest BCUT2D eigenvalue weighted by atomic mass is 10.0. The predicted molar refractivity (Wildman–Crippen MR) is 96.7 cm³/mol. The molecule has 0 saturated carbocycles. The summed E-state index contributed by atoms with van der Waals surface area (Å²) in [4.78, 5) is 20.7. The van der Waals surface area contributed by atoms with Crippen molar-refractivity contribution in [3.05, 3.63) is 30.1 Å². The van der Waals surface area contributed by atoms with Crippen LogP contribution in [0.3, 0.4) is 0 Å². The summed E-state index contributed by atoms with van der Waals surface area (Å²) in [6.45, 7) is 6.23. The van der Waals surface area contributed by atoms with Crippen LogP contribution in [-0.4, -0.2) is 65.8 Å². The Morgan fingerprint density at radius 3 is 2.56 bits per heavy atom. The van der Waals surface area contributed by atoms with E-state index >= 15 is 0 Å². The second-order valence-corrected chi connectivity index (χ2v) is 9.71. The molecule has 0 N–H and O–H groups in total. The fraction of sp³-hybridized carbons (Fsp3) is 0.667. The van der Waals surface area contributed by atoms with Crippen molar-refractivity contribution in [2.45, 2.75) is 45.3 Å². The Bertz CT molecular complexity index is 706. The van der Waals surface area contributed by atoms with Crippen molar-refractivity contribution in [3.63, 3.8) is 0 Å². The smallest absolute Gasteiger partial charge is 0.222 e. The minimum absolute atomic E-state index is 0.0952. The number of hydrogen-bond donors (Lipinski definition) is 0. The molecule has 0 aromatic carbocycles. The summed E-state index contributed by atoms with van der Waals surface area (Å²) in [5.41, 5.74) is 1.12. The number of fused-ring (bicyclic) bond motifs is 1. The molecule has 0 unspecified atom stereocenters. The predicted octanol–water partition coefficient (Wildman–Crippen LogP) is 1.33. The van der Waals surface area contributed by atoms with Crippen LogP contribution in [0.25, 0.3) is 0 Å². The highest BCUT2D eigenvalue weighted by Crippen LogP contribution is 2.29. The van der Waals surface area contributed by atoms with Crippen molar-refractivity contribution >= 4 is 15.7 Å². The van der Waals surface area contributed by atoms with E-state index in [0.29, 0.717) is 32.0 Å². The summed E-state index contributed by atoms with van der Waals surface area (Å²) in [6, 6.07) is 3.60. The van der Waals surface area contributed by atoms with E-state index in [1.54, 1.807) is 12.4 Å². The van der Waals surface area contributed by atoms with Gasteiger partial charge >= 0.3 is 0 Å². The number of amides is 1. The number of sulfone groups is 1. The van der Waals surface area contributed by atoms with Crippen molar-refractivity contribution in [1.29, 1.82) is 0 Å². The highest BCUT2D eigenvalue weighted by Gasteiger charge is 2.47. The van der Waals surface area contributed by atoms with Gasteiger partial charge in [-0.2, -0.15) is 0 Å². The lowest BCUT2D eigenvalue weighted by Gasteiger charge is -2.44. The molecule has 6 nitrogen and oxygen atoms in total. The lowest BCUT2D eigenvalue weighted by Crippen LogP contribution is -2.60. The maximum Gasteiger partial charge on any atom is 0.222 e. The van der Waals surface area contributed by atoms with Crippen LogP contribution in [0.4, 0.5) is 0 Å². The Labute approximate surface area is 150 Å². The van der Waals surface area contributed by atoms with Crippen molar-refractivity contribution < 1.29 is 13.2 Å². The van der Waals surface area contributed by atoms with E-state index in [0.717, 1.165) is 12.0 Å². The lowest BCUT2D eigenvalue weighted by molar-refractivity contribution is -0.137. The Balaban J connectivity index is 1.74. The Morgan fingerprint density at radius 2 is 1.88 bits per heavy atom. The van der Waals surface area contributed by atoms with E-state index in [1.165, 1.54) is 0 Å². The SMILES string of the molecule is CC(C)CCC(=O)N1CCN(Cc2ccncc2)[C@@H]2CS(=O)(=O)C[C@@H]21. The van der Waals surface area contributed by atoms with Crippen LogP contribution >= 0.6 is 0 Å². The summed E-state index contributed by atoms with van der Waals surface area (Å²) in [5.74, 6) is 0.818. The topological polar surface area (TPSA) is 70.6 Å². The average molecular weight is 365 g/mol. The van der Waals surface area contributed by atoms with Gasteiger partial charge in [0.25, 0.3) is 0 Å². The monoisotopic (exact) mass is 365 g/mol. The molecule has 2 fully saturated rings. The number of carbonyl (C=O) groups excluding carboxylic acids is 1. The third-order valence-electron chi connectivity index (χ3n) is 5.18. The molecule has 25 heavy (non-hydrogen) atoms. The molecule has 3 heterocycles. The quantitative estimate of drug-likeness (QED) is 0.787. The largest absolute Gasteiger partial charge is 0.336 e. The van der Waals surface area contributed by atoms with Crippen molar-refractivity contribution in [1.82, 2.24) is 14.8 Å². The van der Waals surface area contributed by atoms with Crippen molar-refractivity contribution in [2.24, 2.45) is 5.92 Å². The van der Waals surface area contributed by atoms with E-state index in [1.807, 2.05) is 17.0 Å². The van der Waals surface area contributed by atoms with Crippen molar-refractivity contribution in [3.8, 4) is 0 Å². The molecule has 0 aliphatic carbocycles. The van der Waals surface area contributed by atoms with Crippen LogP contribution in [0.1, 0.15) is 32.3 Å². The van der Waals surface area contributed by atoms with Crippen LogP contribution in [0.2, 0.25) is 0 Å². The van der Waals surface area contributed by atoms with Gasteiger partial charge < -0.3 is 4.90 Å². The number of pyridine rings is 1. The van der Waals surface area contributed by atoms with Gasteiger partial charge in [0.2, 0.25) is 5.91 Å². The third-order valence-corrected chi connectivity index (χ3v) is 6.88. The van der Waals surface area contributed by atoms with Crippen LogP contribution in [0.5, 0.6) is 0 Å². The second-order valence-electron chi connectivity index (χ2n) is 7.56. The van der Waals surface area contributed by atoms with Gasteiger partial charge in [0.1, 0.15) is 0 Å². The molecule has 138 valence electrons. The molecule has 1 aromatic rings. The number of aromatic nitrogens is 1. The van der Waals surface area contributed by atoms with E-state index in [4.69, 9.17) is 0 Å². The Kier molecular flexibility index (Phi) is 5.43. The summed E-state index contributed by atoms with van der Waals surface area (Å²) in [6.07, 6.45) is 4.86. The summed E-state index contributed by atoms with van der Waals surface area (Å²) in [7, 11) is -3.10. The van der Waals surface area contributed by atoms with Gasteiger partial charge in [-0.15, -0.1) is 0 Å². The molecule has 1 aromatic heterocycles. The number of rotatable bonds is 5. The first-order valence-corrected chi connectivity index (χ1v) is 10.8. The molecule has 7 heteroatoms. The molecule has 0 radical (unpaired) electrons. The van der Waals surface area contributed by atoms with Gasteiger partial charge in [-0.25, -0.2) is 8.42 Å². The maximum atomic E-state index is 12.6. The van der Waals surface area contributed by atoms with Gasteiger partial charge in [-0.1, -0.05) is 13.8 Å². The molecule has 0 spiro atoms. The fourth-order valence-corrected chi connectivity index (χ4v) is 5.82. The number of piperazine rings is 1. The first-order valence-electron chi connectivity index (χ1n) is 8.98. The zero-order valence-corrected chi connectivity index (χ0v) is 15.8. The fourth-order valence-electron chi connectivity index (χ4n) is 3.81. The number of nitrogens with zero attached hydrogens (tertiary/aromatic N) is 3. The van der Waals surface area contributed by atoms with Crippen LogP contribution in [-0.2, 0) is 21.2 Å². The first kappa shape index (κ1) is 18.3. The van der Waals surface area contributed by atoms with E-state index in [2.05, 4.69) is 23.7 Å². The molecular weight excluding hydrogens is 338 g/mol. The summed E-state index contributed by atoms with van der Waals surface area (Å²) < 4.78 is 24.5. The Hall–Kier alpha value is -1.47. The van der Waals surface area contributed by atoms with Crippen molar-refractivity contribution in [2.75, 3.05) is 24.6 Å². The van der Waals surface area contributed by atoms with Gasteiger partial charge in [0.05, 0.1) is 17.5 Å². The highest BCUT2D eigenvalue weighted by atomic mass is 32.2. The van der Waals surface area contributed by atoms with Gasteiger partial charge in [-0.3, -0.25) is 14.7 Å². The van der Waals surface area contributed by atoms with E-state index < -0.39 is 9.84 Å². The normalized spacial score (nSPS) is 26.0. The van der Waals surface area contributed by atoms with Crippen LogP contribution in [0.15, 0.2) is 24.5 Å². The molecule has 2 saturated heterocycles. The number of carbonyl (C=O) groups is 1.